The number of carbonyl (C=O) groups excluding carboxylic acids is 1. The van der Waals surface area contributed by atoms with E-state index in [1.807, 2.05) is 5.32 Å². The van der Waals surface area contributed by atoms with E-state index in [9.17, 15) is 14.2 Å². The molecule has 0 saturated heterocycles. The van der Waals surface area contributed by atoms with Crippen molar-refractivity contribution in [1.82, 2.24) is 5.32 Å². The van der Waals surface area contributed by atoms with Crippen molar-refractivity contribution in [1.29, 1.82) is 0 Å². The number of amides is 1. The molecule has 7 nitrogen and oxygen atoms in total. The first kappa shape index (κ1) is 14.7. The van der Waals surface area contributed by atoms with Gasteiger partial charge in [0.05, 0.1) is 13.0 Å². The Kier molecular flexibility index (Phi) is 7.24. The number of aliphatic hydroxyl groups is 1. The van der Waals surface area contributed by atoms with Crippen LogP contribution in [0, 0.1) is 0 Å². The van der Waals surface area contributed by atoms with Gasteiger partial charge in [-0.05, 0) is 13.0 Å². The summed E-state index contributed by atoms with van der Waals surface area (Å²) < 4.78 is 15.4. The van der Waals surface area contributed by atoms with E-state index in [0.717, 1.165) is 6.08 Å². The third-order valence-corrected chi connectivity index (χ3v) is 2.46. The normalized spacial score (nSPS) is 13.0. The Morgan fingerprint density at radius 3 is 2.56 bits per heavy atom. The third kappa shape index (κ3) is 6.21. The van der Waals surface area contributed by atoms with Crippen molar-refractivity contribution in [2.45, 2.75) is 6.92 Å². The van der Waals surface area contributed by atoms with Crippen LogP contribution in [0.1, 0.15) is 6.92 Å². The fourth-order valence-electron chi connectivity index (χ4n) is 0.749. The zero-order valence-electron chi connectivity index (χ0n) is 8.73. The first-order valence-corrected chi connectivity index (χ1v) is 6.33. The number of hydrogen-bond donors (Lipinski definition) is 3. The monoisotopic (exact) mass is 251 g/mol. The van der Waals surface area contributed by atoms with E-state index in [2.05, 4.69) is 4.74 Å². The molecule has 1 unspecified atom stereocenters. The zero-order chi connectivity index (χ0) is 12.6. The summed E-state index contributed by atoms with van der Waals surface area (Å²) in [7, 11) is -2.23. The van der Waals surface area contributed by atoms with Crippen molar-refractivity contribution in [2.24, 2.45) is 0 Å². The average molecular weight is 251 g/mol. The molecule has 1 atom stereocenters. The number of nitrogens with one attached hydrogen (secondary N) is 1. The molecule has 1 amide bonds. The van der Waals surface area contributed by atoms with Crippen molar-refractivity contribution in [3.8, 4) is 0 Å². The Morgan fingerprint density at radius 1 is 1.50 bits per heavy atom. The number of carboxylic acids is 1. The quantitative estimate of drug-likeness (QED) is 0.459. The molecule has 0 aromatic rings. The second-order valence-electron chi connectivity index (χ2n) is 2.67. The van der Waals surface area contributed by atoms with Gasteiger partial charge in [-0.15, -0.1) is 0 Å². The van der Waals surface area contributed by atoms with E-state index in [0.29, 0.717) is 0 Å². The lowest BCUT2D eigenvalue weighted by Gasteiger charge is -2.05. The van der Waals surface area contributed by atoms with Gasteiger partial charge in [-0.3, -0.25) is 5.32 Å². The third-order valence-electron chi connectivity index (χ3n) is 1.45. The molecule has 92 valence electrons. The molecule has 0 radical (unpaired) electrons. The number of alkyl carbamates (subject to hydrolysis) is 1. The molecule has 8 heteroatoms. The standard InChI is InChI=1S/C8H14NO6P/c1-2-15-8(13)9-6(7(11)12)3-4-16(14)5-10/h3,10,16H,2,4-5H2,1H3,(H,9,13)(H,11,12)/b6-3+. The summed E-state index contributed by atoms with van der Waals surface area (Å²) in [4.78, 5) is 21.6. The Labute approximate surface area is 92.9 Å². The maximum absolute atomic E-state index is 10.9. The van der Waals surface area contributed by atoms with E-state index in [-0.39, 0.29) is 12.8 Å². The number of rotatable bonds is 6. The number of carboxylic acid groups (broad SMARTS) is 1. The smallest absolute Gasteiger partial charge is 0.411 e. The summed E-state index contributed by atoms with van der Waals surface area (Å²) >= 11 is 0. The highest BCUT2D eigenvalue weighted by atomic mass is 31.1. The molecule has 0 heterocycles. The van der Waals surface area contributed by atoms with Gasteiger partial charge in [0.2, 0.25) is 0 Å². The van der Waals surface area contributed by atoms with Gasteiger partial charge in [0.15, 0.2) is 0 Å². The van der Waals surface area contributed by atoms with Crippen LogP contribution in [0.25, 0.3) is 0 Å². The van der Waals surface area contributed by atoms with Crippen LogP contribution < -0.4 is 5.32 Å². The summed E-state index contributed by atoms with van der Waals surface area (Å²) in [5.41, 5.74) is -0.412. The van der Waals surface area contributed by atoms with Crippen LogP contribution in [0.3, 0.4) is 0 Å². The molecule has 0 aromatic carbocycles. The SMILES string of the molecule is CCOC(=O)N/C(=C/C[PH](=O)CO)C(=O)O. The Balaban J connectivity index is 4.43. The lowest BCUT2D eigenvalue weighted by Crippen LogP contribution is -2.28. The second kappa shape index (κ2) is 7.90. The summed E-state index contributed by atoms with van der Waals surface area (Å²) in [6.45, 7) is 1.69. The van der Waals surface area contributed by atoms with Gasteiger partial charge in [0, 0.05) is 6.16 Å². The average Bonchev–Trinajstić information content (AvgIpc) is 2.23. The molecule has 0 aliphatic heterocycles. The first-order chi connectivity index (χ1) is 7.51. The molecule has 0 saturated carbocycles. The van der Waals surface area contributed by atoms with Crippen molar-refractivity contribution in [3.63, 3.8) is 0 Å². The highest BCUT2D eigenvalue weighted by Gasteiger charge is 2.11. The lowest BCUT2D eigenvalue weighted by atomic mass is 10.4. The molecule has 0 aliphatic carbocycles. The van der Waals surface area contributed by atoms with Crippen molar-refractivity contribution in [3.05, 3.63) is 11.8 Å². The lowest BCUT2D eigenvalue weighted by molar-refractivity contribution is -0.133. The van der Waals surface area contributed by atoms with Crippen LogP contribution in [-0.2, 0) is 14.1 Å². The number of hydrogen-bond acceptors (Lipinski definition) is 5. The summed E-state index contributed by atoms with van der Waals surface area (Å²) in [6.07, 6.45) is -0.390. The van der Waals surface area contributed by atoms with Crippen LogP contribution in [0.5, 0.6) is 0 Å². The molecule has 3 N–H and O–H groups in total. The summed E-state index contributed by atoms with van der Waals surface area (Å²) in [5.74, 6) is -1.36. The molecular weight excluding hydrogens is 237 g/mol. The predicted molar refractivity (Wildman–Crippen MR) is 56.8 cm³/mol. The Bertz CT molecular complexity index is 314. The number of aliphatic carboxylic acids is 1. The van der Waals surface area contributed by atoms with Crippen LogP contribution in [0.15, 0.2) is 11.8 Å². The van der Waals surface area contributed by atoms with Gasteiger partial charge in [-0.2, -0.15) is 0 Å². The molecule has 16 heavy (non-hydrogen) atoms. The van der Waals surface area contributed by atoms with Crippen LogP contribution in [-0.4, -0.2) is 41.4 Å². The van der Waals surface area contributed by atoms with Gasteiger partial charge < -0.3 is 19.5 Å². The van der Waals surface area contributed by atoms with Crippen molar-refractivity contribution >= 4 is 19.9 Å². The molecular formula is C8H14NO6P. The summed E-state index contributed by atoms with van der Waals surface area (Å²) in [5, 5.41) is 19.2. The van der Waals surface area contributed by atoms with E-state index in [1.165, 1.54) is 0 Å². The number of carbonyl (C=O) groups is 2. The van der Waals surface area contributed by atoms with Crippen LogP contribution >= 0.6 is 7.80 Å². The minimum atomic E-state index is -2.23. The fraction of sp³-hybridized carbons (Fsp3) is 0.500. The number of aliphatic hydroxyl groups excluding tert-OH is 1. The molecule has 0 aliphatic rings. The van der Waals surface area contributed by atoms with Gasteiger partial charge in [0.1, 0.15) is 13.5 Å². The number of ether oxygens (including phenoxy) is 1. The second-order valence-corrected chi connectivity index (χ2v) is 4.47. The molecule has 0 rings (SSSR count). The molecule has 0 spiro atoms. The molecule has 0 aromatic heterocycles. The van der Waals surface area contributed by atoms with Gasteiger partial charge in [-0.1, -0.05) is 0 Å². The van der Waals surface area contributed by atoms with E-state index >= 15 is 0 Å². The van der Waals surface area contributed by atoms with E-state index in [1.54, 1.807) is 6.92 Å². The predicted octanol–water partition coefficient (Wildman–Crippen LogP) is 0.210. The fourth-order valence-corrected chi connectivity index (χ4v) is 1.31. The first-order valence-electron chi connectivity index (χ1n) is 4.51. The van der Waals surface area contributed by atoms with E-state index < -0.39 is 31.9 Å². The van der Waals surface area contributed by atoms with Gasteiger partial charge in [0.25, 0.3) is 0 Å². The molecule has 0 bridgehead atoms. The van der Waals surface area contributed by atoms with Crippen molar-refractivity contribution in [2.75, 3.05) is 19.1 Å². The largest absolute Gasteiger partial charge is 0.477 e. The minimum absolute atomic E-state index is 0.0881. The maximum atomic E-state index is 10.9. The minimum Gasteiger partial charge on any atom is -0.477 e. The van der Waals surface area contributed by atoms with E-state index in [4.69, 9.17) is 10.2 Å². The van der Waals surface area contributed by atoms with Crippen LogP contribution in [0.4, 0.5) is 4.79 Å². The topological polar surface area (TPSA) is 113 Å². The number of allylic oxidation sites excluding steroid dienone is 1. The van der Waals surface area contributed by atoms with Crippen molar-refractivity contribution < 1.29 is 29.1 Å². The summed E-state index contributed by atoms with van der Waals surface area (Å²) in [6, 6.07) is 0. The van der Waals surface area contributed by atoms with Gasteiger partial charge >= 0.3 is 12.1 Å². The maximum Gasteiger partial charge on any atom is 0.411 e. The Morgan fingerprint density at radius 2 is 2.12 bits per heavy atom. The zero-order valence-corrected chi connectivity index (χ0v) is 9.73. The van der Waals surface area contributed by atoms with Crippen LogP contribution in [0.2, 0.25) is 0 Å². The molecule has 0 fully saturated rings. The highest BCUT2D eigenvalue weighted by molar-refractivity contribution is 7.44. The Hall–Kier alpha value is -1.33. The highest BCUT2D eigenvalue weighted by Crippen LogP contribution is 2.17. The van der Waals surface area contributed by atoms with Gasteiger partial charge in [-0.25, -0.2) is 9.59 Å².